The van der Waals surface area contributed by atoms with Crippen molar-refractivity contribution in [1.29, 1.82) is 0 Å². The maximum atomic E-state index is 13.6. The molecule has 3 aromatic carbocycles. The van der Waals surface area contributed by atoms with Gasteiger partial charge in [0.25, 0.3) is 0 Å². The van der Waals surface area contributed by atoms with E-state index in [1.54, 1.807) is 24.3 Å². The van der Waals surface area contributed by atoms with Crippen LogP contribution in [0.4, 0.5) is 5.69 Å². The van der Waals surface area contributed by atoms with Crippen molar-refractivity contribution in [2.45, 2.75) is 16.3 Å². The molecule has 0 atom stereocenters. The molecule has 0 aliphatic carbocycles. The van der Waals surface area contributed by atoms with Crippen LogP contribution in [0.3, 0.4) is 0 Å². The predicted octanol–water partition coefficient (Wildman–Crippen LogP) is 3.11. The van der Waals surface area contributed by atoms with E-state index in [-0.39, 0.29) is 21.4 Å². The Morgan fingerprint density at radius 3 is 2.15 bits per heavy atom. The molecule has 214 valence electrons. The summed E-state index contributed by atoms with van der Waals surface area (Å²) >= 11 is 6.18. The number of hydrogen-bond donors (Lipinski definition) is 1. The van der Waals surface area contributed by atoms with Crippen LogP contribution in [0, 0.1) is 0 Å². The Kier molecular flexibility index (Phi) is 9.49. The van der Waals surface area contributed by atoms with Gasteiger partial charge in [-0.1, -0.05) is 41.9 Å². The van der Waals surface area contributed by atoms with E-state index >= 15 is 0 Å². The summed E-state index contributed by atoms with van der Waals surface area (Å²) in [6.07, 6.45) is 0. The second kappa shape index (κ2) is 12.7. The number of amides is 1. The lowest BCUT2D eigenvalue weighted by molar-refractivity contribution is -0.116. The molecule has 40 heavy (non-hydrogen) atoms. The molecule has 1 fully saturated rings. The molecule has 0 bridgehead atoms. The lowest BCUT2D eigenvalue weighted by Gasteiger charge is -2.31. The zero-order chi connectivity index (χ0) is 28.9. The van der Waals surface area contributed by atoms with Gasteiger partial charge in [-0.3, -0.25) is 4.79 Å². The van der Waals surface area contributed by atoms with Crippen LogP contribution >= 0.6 is 11.6 Å². The van der Waals surface area contributed by atoms with Crippen LogP contribution in [0.2, 0.25) is 5.02 Å². The van der Waals surface area contributed by atoms with Gasteiger partial charge < -0.3 is 15.0 Å². The number of anilines is 1. The number of nitrogens with zero attached hydrogens (tertiary/aromatic N) is 3. The number of rotatable bonds is 10. The molecule has 0 unspecified atom stereocenters. The molecule has 4 rings (SSSR count). The normalized spacial score (nSPS) is 15.2. The Labute approximate surface area is 240 Å². The lowest BCUT2D eigenvalue weighted by atomic mass is 10.2. The smallest absolute Gasteiger partial charge is 0.243 e. The van der Waals surface area contributed by atoms with Crippen molar-refractivity contribution in [1.82, 2.24) is 13.5 Å². The van der Waals surface area contributed by atoms with E-state index in [1.165, 1.54) is 53.9 Å². The molecule has 1 saturated heterocycles. The van der Waals surface area contributed by atoms with Gasteiger partial charge in [-0.05, 0) is 55.1 Å². The topological polar surface area (TPSA) is 116 Å². The molecular weight excluding hydrogens is 576 g/mol. The van der Waals surface area contributed by atoms with Crippen molar-refractivity contribution in [3.63, 3.8) is 0 Å². The summed E-state index contributed by atoms with van der Waals surface area (Å²) < 4.78 is 60.7. The summed E-state index contributed by atoms with van der Waals surface area (Å²) in [6.45, 7) is 1.58. The number of halogens is 1. The van der Waals surface area contributed by atoms with E-state index in [0.29, 0.717) is 43.2 Å². The van der Waals surface area contributed by atoms with Gasteiger partial charge >= 0.3 is 0 Å². The number of carbonyl (C=O) groups is 1. The molecule has 1 aliphatic heterocycles. The maximum absolute atomic E-state index is 13.6. The molecule has 0 radical (unpaired) electrons. The van der Waals surface area contributed by atoms with Crippen LogP contribution in [0.15, 0.2) is 82.6 Å². The minimum Gasteiger partial charge on any atom is -0.495 e. The number of sulfonamides is 2. The third-order valence-electron chi connectivity index (χ3n) is 6.52. The Hall–Kier alpha value is -3.00. The molecule has 1 aliphatic rings. The fraction of sp³-hybridized carbons (Fsp3) is 0.296. The van der Waals surface area contributed by atoms with Gasteiger partial charge in [0.15, 0.2) is 0 Å². The number of piperazine rings is 1. The number of benzene rings is 3. The first kappa shape index (κ1) is 30.0. The van der Waals surface area contributed by atoms with Gasteiger partial charge in [-0.2, -0.15) is 8.61 Å². The number of nitrogens with one attached hydrogen (secondary N) is 1. The molecule has 1 heterocycles. The first-order chi connectivity index (χ1) is 19.0. The fourth-order valence-corrected chi connectivity index (χ4v) is 7.37. The number of likely N-dealkylation sites (N-methyl/N-ethyl adjacent to an activating group) is 1. The molecular formula is C27H31ClN4O6S2. The van der Waals surface area contributed by atoms with Crippen molar-refractivity contribution < 1.29 is 26.4 Å². The van der Waals surface area contributed by atoms with Crippen LogP contribution < -0.4 is 10.1 Å². The Morgan fingerprint density at radius 1 is 0.925 bits per heavy atom. The zero-order valence-electron chi connectivity index (χ0n) is 22.2. The summed E-state index contributed by atoms with van der Waals surface area (Å²) in [4.78, 5) is 15.1. The molecule has 1 amide bonds. The van der Waals surface area contributed by atoms with Gasteiger partial charge in [-0.15, -0.1) is 0 Å². The van der Waals surface area contributed by atoms with E-state index in [1.807, 2.05) is 13.1 Å². The van der Waals surface area contributed by atoms with Crippen molar-refractivity contribution in [2.24, 2.45) is 0 Å². The highest BCUT2D eigenvalue weighted by Gasteiger charge is 2.29. The average molecular weight is 607 g/mol. The summed E-state index contributed by atoms with van der Waals surface area (Å²) in [5, 5.41) is 2.79. The van der Waals surface area contributed by atoms with Crippen LogP contribution in [0.25, 0.3) is 0 Å². The van der Waals surface area contributed by atoms with Crippen LogP contribution in [0.5, 0.6) is 5.75 Å². The van der Waals surface area contributed by atoms with Gasteiger partial charge in [0.2, 0.25) is 26.0 Å². The number of carbonyl (C=O) groups excluding carboxylic acids is 1. The van der Waals surface area contributed by atoms with E-state index < -0.39 is 32.5 Å². The molecule has 13 heteroatoms. The third-order valence-corrected chi connectivity index (χ3v) is 10.5. The number of methoxy groups -OCH3 is 1. The number of hydrogen-bond acceptors (Lipinski definition) is 7. The van der Waals surface area contributed by atoms with Crippen LogP contribution in [0.1, 0.15) is 5.56 Å². The van der Waals surface area contributed by atoms with Gasteiger partial charge in [-0.25, -0.2) is 16.8 Å². The molecule has 0 saturated carbocycles. The molecule has 1 N–H and O–H groups in total. The summed E-state index contributed by atoms with van der Waals surface area (Å²) in [5.74, 6) is -0.264. The monoisotopic (exact) mass is 606 g/mol. The fourth-order valence-electron chi connectivity index (χ4n) is 4.22. The SMILES string of the molecule is COc1ccc(S(=O)(=O)N(CC(=O)Nc2ccc(S(=O)(=O)N3CCN(C)CC3)cc2)Cc2ccccc2)cc1Cl. The third kappa shape index (κ3) is 7.00. The van der Waals surface area contributed by atoms with E-state index in [9.17, 15) is 21.6 Å². The quantitative estimate of drug-likeness (QED) is 0.377. The van der Waals surface area contributed by atoms with E-state index in [0.717, 1.165) is 4.31 Å². The Bertz CT molecular complexity index is 1540. The highest BCUT2D eigenvalue weighted by atomic mass is 35.5. The molecule has 0 aromatic heterocycles. The first-order valence-corrected chi connectivity index (χ1v) is 15.7. The predicted molar refractivity (Wildman–Crippen MR) is 153 cm³/mol. The summed E-state index contributed by atoms with van der Waals surface area (Å²) in [5.41, 5.74) is 1.03. The zero-order valence-corrected chi connectivity index (χ0v) is 24.5. The average Bonchev–Trinajstić information content (AvgIpc) is 2.93. The highest BCUT2D eigenvalue weighted by molar-refractivity contribution is 7.89. The van der Waals surface area contributed by atoms with E-state index in [4.69, 9.17) is 16.3 Å². The summed E-state index contributed by atoms with van der Waals surface area (Å²) in [6, 6.07) is 18.8. The number of ether oxygens (including phenoxy) is 1. The van der Waals surface area contributed by atoms with Gasteiger partial charge in [0.1, 0.15) is 5.75 Å². The lowest BCUT2D eigenvalue weighted by Crippen LogP contribution is -2.46. The minimum absolute atomic E-state index is 0.0531. The van der Waals surface area contributed by atoms with Gasteiger partial charge in [0, 0.05) is 38.4 Å². The molecule has 10 nitrogen and oxygen atoms in total. The van der Waals surface area contributed by atoms with Crippen molar-refractivity contribution in [3.05, 3.63) is 83.4 Å². The van der Waals surface area contributed by atoms with E-state index in [2.05, 4.69) is 10.2 Å². The Balaban J connectivity index is 1.51. The standard InChI is InChI=1S/C27H31ClN4O6S2/c1-30-14-16-31(17-15-30)39(34,35)23-10-8-22(9-11-23)29-27(33)20-32(19-21-6-4-3-5-7-21)40(36,37)24-12-13-26(38-2)25(28)18-24/h3-13,18H,14-17,19-20H2,1-2H3,(H,29,33). The largest absolute Gasteiger partial charge is 0.495 e. The van der Waals surface area contributed by atoms with Crippen molar-refractivity contribution >= 4 is 43.2 Å². The second-order valence-corrected chi connectivity index (χ2v) is 13.6. The maximum Gasteiger partial charge on any atom is 0.243 e. The van der Waals surface area contributed by atoms with Crippen molar-refractivity contribution in [2.75, 3.05) is 52.2 Å². The van der Waals surface area contributed by atoms with Crippen molar-refractivity contribution in [3.8, 4) is 5.75 Å². The van der Waals surface area contributed by atoms with Crippen LogP contribution in [-0.2, 0) is 31.4 Å². The minimum atomic E-state index is -4.13. The molecule has 3 aromatic rings. The summed E-state index contributed by atoms with van der Waals surface area (Å²) in [7, 11) is -4.42. The first-order valence-electron chi connectivity index (χ1n) is 12.5. The highest BCUT2D eigenvalue weighted by Crippen LogP contribution is 2.29. The Morgan fingerprint density at radius 2 is 1.55 bits per heavy atom. The van der Waals surface area contributed by atoms with Gasteiger partial charge in [0.05, 0.1) is 28.5 Å². The van der Waals surface area contributed by atoms with Crippen LogP contribution in [-0.4, -0.2) is 83.1 Å². The molecule has 0 spiro atoms. The second-order valence-electron chi connectivity index (χ2n) is 9.33.